The van der Waals surface area contributed by atoms with Crippen molar-refractivity contribution in [1.82, 2.24) is 19.6 Å². The highest BCUT2D eigenvalue weighted by molar-refractivity contribution is 6.36. The number of benzene rings is 4. The Bertz CT molecular complexity index is 2470. The van der Waals surface area contributed by atoms with Crippen LogP contribution in [0.2, 0.25) is 20.1 Å². The molecule has 7 aromatic rings. The zero-order valence-electron chi connectivity index (χ0n) is 27.7. The predicted molar refractivity (Wildman–Crippen MR) is 199 cm³/mol. The SMILES string of the molecule is Cc1nn(C(=O)c2ccc(Cl)cc2)c(C)c1Cc1c(F)cccc1Cl.O=C(c1ccc(Cl)cc1Cl)n1ccc(-c2ccc(-c3ccc(F)cc3F)o2)n1. The molecular weight excluding hydrogens is 771 g/mol. The maximum Gasteiger partial charge on any atom is 0.279 e. The summed E-state index contributed by atoms with van der Waals surface area (Å²) in [6.45, 7) is 3.58. The first-order valence-electron chi connectivity index (χ1n) is 15.7. The molecule has 3 aromatic heterocycles. The van der Waals surface area contributed by atoms with Crippen molar-refractivity contribution >= 4 is 58.2 Å². The fraction of sp³-hybridized carbons (Fsp3) is 0.0769. The molecule has 14 heteroatoms. The summed E-state index contributed by atoms with van der Waals surface area (Å²) in [7, 11) is 0. The molecule has 0 saturated heterocycles. The van der Waals surface area contributed by atoms with Crippen LogP contribution < -0.4 is 0 Å². The van der Waals surface area contributed by atoms with Crippen LogP contribution in [0.15, 0.2) is 108 Å². The van der Waals surface area contributed by atoms with Crippen LogP contribution in [-0.4, -0.2) is 31.4 Å². The van der Waals surface area contributed by atoms with Gasteiger partial charge in [-0.05, 0) is 98.8 Å². The molecule has 3 heterocycles. The Morgan fingerprint density at radius 1 is 0.698 bits per heavy atom. The molecule has 0 fully saturated rings. The minimum absolute atomic E-state index is 0.121. The summed E-state index contributed by atoms with van der Waals surface area (Å²) in [4.78, 5) is 25.3. The smallest absolute Gasteiger partial charge is 0.279 e. The summed E-state index contributed by atoms with van der Waals surface area (Å²) in [6, 6.07) is 23.6. The van der Waals surface area contributed by atoms with Crippen molar-refractivity contribution < 1.29 is 27.2 Å². The Hall–Kier alpha value is -5.13. The topological polar surface area (TPSA) is 82.9 Å². The Balaban J connectivity index is 0.000000183. The number of aromatic nitrogens is 4. The van der Waals surface area contributed by atoms with Crippen molar-refractivity contribution in [3.05, 3.63) is 174 Å². The Morgan fingerprint density at radius 3 is 2.11 bits per heavy atom. The summed E-state index contributed by atoms with van der Waals surface area (Å²) in [6.07, 6.45) is 1.74. The summed E-state index contributed by atoms with van der Waals surface area (Å²) in [5.74, 6) is -1.94. The van der Waals surface area contributed by atoms with Gasteiger partial charge in [0.2, 0.25) is 0 Å². The Kier molecular flexibility index (Phi) is 11.3. The van der Waals surface area contributed by atoms with E-state index in [0.29, 0.717) is 49.0 Å². The molecule has 268 valence electrons. The standard InChI is InChI=1S/C20H10Cl2F2N2O2.C19H15Cl2FN2O/c21-11-1-3-13(15(22)9-11)20(27)26-8-7-17(25-26)19-6-5-18(28-19)14-4-2-12(23)10-16(14)24;1-11-15(10-16-17(21)4-3-5-18(16)22)12(2)24(23-11)19(25)13-6-8-14(20)9-7-13/h1-10H;3-9H,10H2,1-2H3. The highest BCUT2D eigenvalue weighted by Crippen LogP contribution is 2.30. The third kappa shape index (κ3) is 8.26. The van der Waals surface area contributed by atoms with E-state index in [4.69, 9.17) is 50.8 Å². The van der Waals surface area contributed by atoms with Crippen molar-refractivity contribution in [2.75, 3.05) is 0 Å². The fourth-order valence-electron chi connectivity index (χ4n) is 5.39. The van der Waals surface area contributed by atoms with Gasteiger partial charge in [0, 0.05) is 56.1 Å². The van der Waals surface area contributed by atoms with Gasteiger partial charge in [-0.25, -0.2) is 22.5 Å². The average molecular weight is 796 g/mol. The molecule has 0 amide bonds. The van der Waals surface area contributed by atoms with Crippen molar-refractivity contribution in [3.63, 3.8) is 0 Å². The van der Waals surface area contributed by atoms with Crippen LogP contribution in [-0.2, 0) is 6.42 Å². The minimum atomic E-state index is -0.737. The molecule has 7 rings (SSSR count). The lowest BCUT2D eigenvalue weighted by Gasteiger charge is -2.07. The van der Waals surface area contributed by atoms with E-state index < -0.39 is 17.5 Å². The predicted octanol–water partition coefficient (Wildman–Crippen LogP) is 11.3. The third-order valence-electron chi connectivity index (χ3n) is 8.15. The molecule has 0 radical (unpaired) electrons. The summed E-state index contributed by atoms with van der Waals surface area (Å²) in [5, 5.41) is 10.1. The number of hydrogen-bond acceptors (Lipinski definition) is 5. The molecular formula is C39H25Cl4F3N4O3. The van der Waals surface area contributed by atoms with Crippen molar-refractivity contribution in [3.8, 4) is 22.8 Å². The van der Waals surface area contributed by atoms with Gasteiger partial charge < -0.3 is 4.42 Å². The van der Waals surface area contributed by atoms with Gasteiger partial charge in [0.05, 0.1) is 21.8 Å². The highest BCUT2D eigenvalue weighted by atomic mass is 35.5. The third-order valence-corrected chi connectivity index (χ3v) is 9.31. The second-order valence-corrected chi connectivity index (χ2v) is 13.3. The number of furan rings is 1. The first-order valence-corrected chi connectivity index (χ1v) is 17.2. The molecule has 0 spiro atoms. The van der Waals surface area contributed by atoms with Gasteiger partial charge >= 0.3 is 0 Å². The minimum Gasteiger partial charge on any atom is -0.454 e. The number of aryl methyl sites for hydroxylation is 1. The molecule has 0 aliphatic rings. The number of nitrogens with zero attached hydrogens (tertiary/aromatic N) is 4. The van der Waals surface area contributed by atoms with Gasteiger partial charge in [0.25, 0.3) is 11.8 Å². The van der Waals surface area contributed by atoms with Crippen LogP contribution in [0.5, 0.6) is 0 Å². The molecule has 0 atom stereocenters. The molecule has 7 nitrogen and oxygen atoms in total. The van der Waals surface area contributed by atoms with Gasteiger partial charge in [-0.2, -0.15) is 10.2 Å². The van der Waals surface area contributed by atoms with Crippen LogP contribution >= 0.6 is 46.4 Å². The molecule has 0 N–H and O–H groups in total. The van der Waals surface area contributed by atoms with E-state index in [1.54, 1.807) is 74.5 Å². The van der Waals surface area contributed by atoms with E-state index >= 15 is 0 Å². The highest BCUT2D eigenvalue weighted by Gasteiger charge is 2.21. The lowest BCUT2D eigenvalue weighted by Crippen LogP contribution is -2.15. The van der Waals surface area contributed by atoms with E-state index in [9.17, 15) is 22.8 Å². The van der Waals surface area contributed by atoms with Gasteiger partial charge in [-0.15, -0.1) is 0 Å². The summed E-state index contributed by atoms with van der Waals surface area (Å²) >= 11 is 23.9. The zero-order chi connectivity index (χ0) is 38.0. The van der Waals surface area contributed by atoms with Crippen LogP contribution in [0.4, 0.5) is 13.2 Å². The maximum atomic E-state index is 14.1. The van der Waals surface area contributed by atoms with Crippen LogP contribution in [0.1, 0.15) is 43.2 Å². The van der Waals surface area contributed by atoms with Crippen LogP contribution in [0.3, 0.4) is 0 Å². The van der Waals surface area contributed by atoms with Crippen molar-refractivity contribution in [2.45, 2.75) is 20.3 Å². The van der Waals surface area contributed by atoms with Crippen molar-refractivity contribution in [1.29, 1.82) is 0 Å². The molecule has 0 saturated carbocycles. The molecule has 0 aliphatic heterocycles. The van der Waals surface area contributed by atoms with Crippen LogP contribution in [0.25, 0.3) is 22.8 Å². The number of carbonyl (C=O) groups is 2. The number of carbonyl (C=O) groups excluding carboxylic acids is 2. The lowest BCUT2D eigenvalue weighted by molar-refractivity contribution is 0.0936. The number of rotatable bonds is 6. The first-order chi connectivity index (χ1) is 25.3. The van der Waals surface area contributed by atoms with E-state index in [2.05, 4.69) is 10.2 Å². The summed E-state index contributed by atoms with van der Waals surface area (Å²) in [5.41, 5.74) is 3.72. The Labute approximate surface area is 321 Å². The quantitative estimate of drug-likeness (QED) is 0.167. The normalized spacial score (nSPS) is 11.0. The van der Waals surface area contributed by atoms with Gasteiger partial charge in [-0.3, -0.25) is 9.59 Å². The fourth-order valence-corrected chi connectivity index (χ4v) is 6.23. The number of hydrogen-bond donors (Lipinski definition) is 0. The monoisotopic (exact) mass is 794 g/mol. The van der Waals surface area contributed by atoms with Gasteiger partial charge in [0.15, 0.2) is 5.76 Å². The molecule has 0 unspecified atom stereocenters. The van der Waals surface area contributed by atoms with E-state index in [1.807, 2.05) is 0 Å². The second kappa shape index (κ2) is 15.9. The Morgan fingerprint density at radius 2 is 1.42 bits per heavy atom. The van der Waals surface area contributed by atoms with E-state index in [1.165, 1.54) is 35.1 Å². The number of halogens is 7. The molecule has 0 bridgehead atoms. The average Bonchev–Trinajstić information content (AvgIpc) is 3.87. The van der Waals surface area contributed by atoms with E-state index in [0.717, 1.165) is 22.4 Å². The van der Waals surface area contributed by atoms with E-state index in [-0.39, 0.29) is 40.1 Å². The lowest BCUT2D eigenvalue weighted by atomic mass is 10.0. The summed E-state index contributed by atoms with van der Waals surface area (Å²) < 4.78 is 49.1. The zero-order valence-corrected chi connectivity index (χ0v) is 30.7. The second-order valence-electron chi connectivity index (χ2n) is 11.6. The van der Waals surface area contributed by atoms with Crippen LogP contribution in [0, 0.1) is 31.3 Å². The molecule has 53 heavy (non-hydrogen) atoms. The largest absolute Gasteiger partial charge is 0.454 e. The molecule has 4 aromatic carbocycles. The first kappa shape index (κ1) is 37.6. The van der Waals surface area contributed by atoms with Crippen molar-refractivity contribution in [2.24, 2.45) is 0 Å². The maximum absolute atomic E-state index is 14.1. The van der Waals surface area contributed by atoms with Gasteiger partial charge in [-0.1, -0.05) is 52.5 Å². The molecule has 0 aliphatic carbocycles. The van der Waals surface area contributed by atoms with Gasteiger partial charge in [0.1, 0.15) is 28.9 Å².